The lowest BCUT2D eigenvalue weighted by Crippen LogP contribution is -2.41. The molecule has 110 valence electrons. The van der Waals surface area contributed by atoms with Gasteiger partial charge < -0.3 is 15.0 Å². The lowest BCUT2D eigenvalue weighted by molar-refractivity contribution is -0.135. The maximum absolute atomic E-state index is 12.3. The van der Waals surface area contributed by atoms with Crippen molar-refractivity contribution in [3.63, 3.8) is 0 Å². The molecule has 20 heavy (non-hydrogen) atoms. The lowest BCUT2D eigenvalue weighted by atomic mass is 9.98. The van der Waals surface area contributed by atoms with Crippen LogP contribution in [-0.4, -0.2) is 37.6 Å². The Hall–Kier alpha value is -1.55. The van der Waals surface area contributed by atoms with Crippen LogP contribution < -0.4 is 10.1 Å². The molecular weight excluding hydrogens is 252 g/mol. The van der Waals surface area contributed by atoms with Gasteiger partial charge in [-0.1, -0.05) is 12.1 Å². The second-order valence-electron chi connectivity index (χ2n) is 5.31. The minimum absolute atomic E-state index is 0.136. The Morgan fingerprint density at radius 3 is 2.75 bits per heavy atom. The molecule has 0 aromatic heterocycles. The molecule has 1 aliphatic rings. The summed E-state index contributed by atoms with van der Waals surface area (Å²) in [4.78, 5) is 14.2. The van der Waals surface area contributed by atoms with Gasteiger partial charge in [0, 0.05) is 20.1 Å². The van der Waals surface area contributed by atoms with E-state index in [0.717, 1.165) is 37.2 Å². The summed E-state index contributed by atoms with van der Waals surface area (Å²) in [5.74, 6) is 1.25. The van der Waals surface area contributed by atoms with Crippen molar-refractivity contribution >= 4 is 5.91 Å². The lowest BCUT2D eigenvalue weighted by Gasteiger charge is -2.27. The van der Waals surface area contributed by atoms with Crippen LogP contribution in [0.2, 0.25) is 0 Å². The minimum Gasteiger partial charge on any atom is -0.494 e. The van der Waals surface area contributed by atoms with Gasteiger partial charge in [0.25, 0.3) is 0 Å². The van der Waals surface area contributed by atoms with Gasteiger partial charge >= 0.3 is 0 Å². The standard InChI is InChI=1S/C16H24N2O2/c1-3-20-15-8-6-13(7-9-15)12-18(2)16(19)14-5-4-10-17-11-14/h6-9,14,17H,3-5,10-12H2,1-2H3/t14-/m1/s1. The van der Waals surface area contributed by atoms with E-state index in [1.807, 2.05) is 43.1 Å². The second-order valence-corrected chi connectivity index (χ2v) is 5.31. The Morgan fingerprint density at radius 1 is 1.40 bits per heavy atom. The fourth-order valence-corrected chi connectivity index (χ4v) is 2.58. The number of benzene rings is 1. The molecule has 1 saturated heterocycles. The van der Waals surface area contributed by atoms with Crippen molar-refractivity contribution in [1.82, 2.24) is 10.2 Å². The quantitative estimate of drug-likeness (QED) is 0.895. The van der Waals surface area contributed by atoms with Crippen LogP contribution >= 0.6 is 0 Å². The largest absolute Gasteiger partial charge is 0.494 e. The van der Waals surface area contributed by atoms with E-state index in [2.05, 4.69) is 5.32 Å². The number of carbonyl (C=O) groups excluding carboxylic acids is 1. The molecule has 0 bridgehead atoms. The number of nitrogens with zero attached hydrogens (tertiary/aromatic N) is 1. The van der Waals surface area contributed by atoms with Gasteiger partial charge in [0.15, 0.2) is 0 Å². The summed E-state index contributed by atoms with van der Waals surface area (Å²) >= 11 is 0. The van der Waals surface area contributed by atoms with Gasteiger partial charge in [0.1, 0.15) is 5.75 Å². The molecular formula is C16H24N2O2. The normalized spacial score (nSPS) is 18.6. The van der Waals surface area contributed by atoms with E-state index in [4.69, 9.17) is 4.74 Å². The first-order chi connectivity index (χ1) is 9.70. The smallest absolute Gasteiger partial charge is 0.227 e. The van der Waals surface area contributed by atoms with E-state index < -0.39 is 0 Å². The van der Waals surface area contributed by atoms with Gasteiger partial charge in [-0.25, -0.2) is 0 Å². The van der Waals surface area contributed by atoms with E-state index in [-0.39, 0.29) is 11.8 Å². The monoisotopic (exact) mass is 276 g/mol. The minimum atomic E-state index is 0.136. The molecule has 4 nitrogen and oxygen atoms in total. The Morgan fingerprint density at radius 2 is 2.15 bits per heavy atom. The van der Waals surface area contributed by atoms with Gasteiger partial charge in [0.2, 0.25) is 5.91 Å². The van der Waals surface area contributed by atoms with Crippen LogP contribution in [0.15, 0.2) is 24.3 Å². The van der Waals surface area contributed by atoms with E-state index in [9.17, 15) is 4.79 Å². The molecule has 4 heteroatoms. The molecule has 0 saturated carbocycles. The van der Waals surface area contributed by atoms with Crippen LogP contribution in [0.5, 0.6) is 5.75 Å². The van der Waals surface area contributed by atoms with Crippen molar-refractivity contribution in [1.29, 1.82) is 0 Å². The number of piperidine rings is 1. The maximum Gasteiger partial charge on any atom is 0.227 e. The third kappa shape index (κ3) is 3.97. The van der Waals surface area contributed by atoms with Crippen LogP contribution in [0, 0.1) is 5.92 Å². The zero-order valence-electron chi connectivity index (χ0n) is 12.4. The Balaban J connectivity index is 1.89. The molecule has 0 aliphatic carbocycles. The first kappa shape index (κ1) is 14.9. The fourth-order valence-electron chi connectivity index (χ4n) is 2.58. The van der Waals surface area contributed by atoms with E-state index >= 15 is 0 Å². The van der Waals surface area contributed by atoms with Crippen molar-refractivity contribution in [2.24, 2.45) is 5.92 Å². The molecule has 1 fully saturated rings. The number of carbonyl (C=O) groups is 1. The Kier molecular flexibility index (Phi) is 5.41. The highest BCUT2D eigenvalue weighted by Crippen LogP contribution is 2.16. The average molecular weight is 276 g/mol. The summed E-state index contributed by atoms with van der Waals surface area (Å²) in [5, 5.41) is 3.29. The van der Waals surface area contributed by atoms with E-state index in [1.54, 1.807) is 0 Å². The number of hydrogen-bond acceptors (Lipinski definition) is 3. The molecule has 1 heterocycles. The summed E-state index contributed by atoms with van der Waals surface area (Å²) in [6, 6.07) is 7.96. The predicted molar refractivity (Wildman–Crippen MR) is 79.7 cm³/mol. The zero-order valence-corrected chi connectivity index (χ0v) is 12.4. The SMILES string of the molecule is CCOc1ccc(CN(C)C(=O)[C@@H]2CCCNC2)cc1. The van der Waals surface area contributed by atoms with Crippen molar-refractivity contribution in [2.45, 2.75) is 26.3 Å². The molecule has 1 amide bonds. The number of rotatable bonds is 5. The Labute approximate surface area is 121 Å². The number of hydrogen-bond donors (Lipinski definition) is 1. The van der Waals surface area contributed by atoms with Gasteiger partial charge in [-0.15, -0.1) is 0 Å². The van der Waals surface area contributed by atoms with Gasteiger partial charge in [-0.05, 0) is 44.0 Å². The third-order valence-corrected chi connectivity index (χ3v) is 3.68. The highest BCUT2D eigenvalue weighted by atomic mass is 16.5. The molecule has 0 spiro atoms. The second kappa shape index (κ2) is 7.29. The first-order valence-electron chi connectivity index (χ1n) is 7.38. The molecule has 0 unspecified atom stereocenters. The highest BCUT2D eigenvalue weighted by molar-refractivity contribution is 5.78. The summed E-state index contributed by atoms with van der Waals surface area (Å²) in [6.45, 7) is 5.14. The van der Waals surface area contributed by atoms with E-state index in [0.29, 0.717) is 13.2 Å². The van der Waals surface area contributed by atoms with Crippen LogP contribution in [0.4, 0.5) is 0 Å². The summed E-state index contributed by atoms with van der Waals surface area (Å²) < 4.78 is 5.42. The van der Waals surface area contributed by atoms with E-state index in [1.165, 1.54) is 0 Å². The molecule has 0 radical (unpaired) electrons. The van der Waals surface area contributed by atoms with Crippen LogP contribution in [0.25, 0.3) is 0 Å². The predicted octanol–water partition coefficient (Wildman–Crippen LogP) is 2.04. The molecule has 1 aromatic carbocycles. The molecule has 1 aliphatic heterocycles. The number of ether oxygens (including phenoxy) is 1. The fraction of sp³-hybridized carbons (Fsp3) is 0.562. The van der Waals surface area contributed by atoms with Crippen LogP contribution in [0.3, 0.4) is 0 Å². The maximum atomic E-state index is 12.3. The van der Waals surface area contributed by atoms with Gasteiger partial charge in [-0.2, -0.15) is 0 Å². The summed E-state index contributed by atoms with van der Waals surface area (Å²) in [5.41, 5.74) is 1.13. The van der Waals surface area contributed by atoms with Crippen LogP contribution in [0.1, 0.15) is 25.3 Å². The topological polar surface area (TPSA) is 41.6 Å². The van der Waals surface area contributed by atoms with Crippen molar-refractivity contribution in [2.75, 3.05) is 26.7 Å². The summed E-state index contributed by atoms with van der Waals surface area (Å²) in [7, 11) is 1.88. The zero-order chi connectivity index (χ0) is 14.4. The van der Waals surface area contributed by atoms with Crippen LogP contribution in [-0.2, 0) is 11.3 Å². The number of amides is 1. The first-order valence-corrected chi connectivity index (χ1v) is 7.38. The molecule has 1 atom stereocenters. The van der Waals surface area contributed by atoms with Crippen molar-refractivity contribution in [3.05, 3.63) is 29.8 Å². The van der Waals surface area contributed by atoms with Crippen molar-refractivity contribution < 1.29 is 9.53 Å². The average Bonchev–Trinajstić information content (AvgIpc) is 2.49. The third-order valence-electron chi connectivity index (χ3n) is 3.68. The van der Waals surface area contributed by atoms with Gasteiger partial charge in [-0.3, -0.25) is 4.79 Å². The molecule has 1 N–H and O–H groups in total. The summed E-state index contributed by atoms with van der Waals surface area (Å²) in [6.07, 6.45) is 2.09. The molecule has 1 aromatic rings. The number of nitrogens with one attached hydrogen (secondary N) is 1. The van der Waals surface area contributed by atoms with Crippen molar-refractivity contribution in [3.8, 4) is 5.75 Å². The highest BCUT2D eigenvalue weighted by Gasteiger charge is 2.23. The van der Waals surface area contributed by atoms with Gasteiger partial charge in [0.05, 0.1) is 12.5 Å². The Bertz CT molecular complexity index is 425. The molecule has 2 rings (SSSR count).